The van der Waals surface area contributed by atoms with Crippen molar-refractivity contribution in [3.05, 3.63) is 0 Å². The van der Waals surface area contributed by atoms with Crippen LogP contribution in [-0.4, -0.2) is 33.4 Å². The number of hydrogen-bond acceptors (Lipinski definition) is 5. The highest BCUT2D eigenvalue weighted by Gasteiger charge is 2.06. The van der Waals surface area contributed by atoms with Crippen molar-refractivity contribution >= 4 is 16.6 Å². The summed E-state index contributed by atoms with van der Waals surface area (Å²) >= 11 is 0. The Morgan fingerprint density at radius 3 is 2.14 bits per heavy atom. The summed E-state index contributed by atoms with van der Waals surface area (Å²) in [4.78, 5) is 9.87. The molecule has 80 valence electrons. The van der Waals surface area contributed by atoms with Crippen LogP contribution in [0.2, 0.25) is 0 Å². The molecule has 14 heavy (non-hydrogen) atoms. The smallest absolute Gasteiger partial charge is 0.294 e. The third kappa shape index (κ3) is 7.58. The maximum atomic E-state index is 10.6. The molecule has 0 amide bonds. The first kappa shape index (κ1) is 12.9. The number of carbonyl (C=O) groups excluding carboxylic acids is 1. The fourth-order valence-corrected chi connectivity index (χ4v) is 1.21. The van der Waals surface area contributed by atoms with Crippen molar-refractivity contribution in [3.8, 4) is 11.8 Å². The second-order valence-corrected chi connectivity index (χ2v) is 4.21. The average molecular weight is 220 g/mol. The minimum atomic E-state index is -3.50. The van der Waals surface area contributed by atoms with Crippen molar-refractivity contribution in [2.45, 2.75) is 26.1 Å². The molecule has 0 aliphatic carbocycles. The highest BCUT2D eigenvalue weighted by Crippen LogP contribution is 1.95. The number of ether oxygens (including phenoxy) is 1. The van der Waals surface area contributed by atoms with Crippen molar-refractivity contribution in [1.29, 1.82) is 0 Å². The van der Waals surface area contributed by atoms with Crippen LogP contribution < -0.4 is 0 Å². The van der Waals surface area contributed by atoms with Crippen LogP contribution >= 0.6 is 0 Å². The zero-order valence-corrected chi connectivity index (χ0v) is 9.00. The van der Waals surface area contributed by atoms with Gasteiger partial charge >= 0.3 is 0 Å². The molecule has 0 saturated carbocycles. The normalized spacial score (nSPS) is 14.8. The second kappa shape index (κ2) is 5.62. The average Bonchev–Trinajstić information content (AvgIpc) is 1.98. The van der Waals surface area contributed by atoms with Gasteiger partial charge in [-0.15, -0.1) is 0 Å². The van der Waals surface area contributed by atoms with E-state index in [1.54, 1.807) is 6.92 Å². The summed E-state index contributed by atoms with van der Waals surface area (Å²) in [5.74, 6) is 5.00. The van der Waals surface area contributed by atoms with Gasteiger partial charge in [0.25, 0.3) is 16.6 Å². The minimum Gasteiger partial charge on any atom is -0.452 e. The quantitative estimate of drug-likeness (QED) is 0.376. The molecule has 0 fully saturated rings. The molecule has 0 aliphatic heterocycles. The first-order valence-electron chi connectivity index (χ1n) is 3.83. The van der Waals surface area contributed by atoms with Crippen molar-refractivity contribution in [2.75, 3.05) is 6.26 Å². The van der Waals surface area contributed by atoms with E-state index >= 15 is 0 Å². The highest BCUT2D eigenvalue weighted by atomic mass is 32.2. The third-order valence-corrected chi connectivity index (χ3v) is 1.71. The molecule has 0 N–H and O–H groups in total. The molecule has 2 unspecified atom stereocenters. The largest absolute Gasteiger partial charge is 0.452 e. The molecule has 2 atom stereocenters. The molecule has 5 nitrogen and oxygen atoms in total. The standard InChI is InChI=1S/C8H12O5S/c1-7(12-6-9)4-5-8(2)13-14(3,10)11/h6-8H,1-3H3. The number of rotatable bonds is 4. The SMILES string of the molecule is CC(C#CC(C)OS(C)(=O)=O)OC=O. The van der Waals surface area contributed by atoms with E-state index in [0.29, 0.717) is 0 Å². The van der Waals surface area contributed by atoms with Gasteiger partial charge in [0, 0.05) is 0 Å². The second-order valence-electron chi connectivity index (χ2n) is 2.61. The lowest BCUT2D eigenvalue weighted by Gasteiger charge is -2.03. The fourth-order valence-electron chi connectivity index (χ4n) is 0.638. The number of hydrogen-bond donors (Lipinski definition) is 0. The molecular formula is C8H12O5S. The van der Waals surface area contributed by atoms with Crippen LogP contribution in [0.15, 0.2) is 0 Å². The maximum Gasteiger partial charge on any atom is 0.294 e. The van der Waals surface area contributed by atoms with Crippen molar-refractivity contribution in [1.82, 2.24) is 0 Å². The van der Waals surface area contributed by atoms with E-state index in [4.69, 9.17) is 0 Å². The lowest BCUT2D eigenvalue weighted by atomic mass is 10.3. The van der Waals surface area contributed by atoms with Gasteiger partial charge in [0.1, 0.15) is 6.10 Å². The van der Waals surface area contributed by atoms with Gasteiger partial charge in [-0.25, -0.2) is 0 Å². The molecule has 0 radical (unpaired) electrons. The first-order valence-corrected chi connectivity index (χ1v) is 5.65. The monoisotopic (exact) mass is 220 g/mol. The molecule has 0 aromatic carbocycles. The van der Waals surface area contributed by atoms with Crippen LogP contribution in [0.5, 0.6) is 0 Å². The summed E-state index contributed by atoms with van der Waals surface area (Å²) in [7, 11) is -3.50. The molecule has 0 aromatic rings. The van der Waals surface area contributed by atoms with Crippen molar-refractivity contribution in [3.63, 3.8) is 0 Å². The van der Waals surface area contributed by atoms with E-state index in [2.05, 4.69) is 20.8 Å². The van der Waals surface area contributed by atoms with Crippen molar-refractivity contribution < 1.29 is 22.1 Å². The van der Waals surface area contributed by atoms with Gasteiger partial charge in [0.05, 0.1) is 6.26 Å². The lowest BCUT2D eigenvalue weighted by molar-refractivity contribution is -0.130. The molecule has 0 bridgehead atoms. The highest BCUT2D eigenvalue weighted by molar-refractivity contribution is 7.86. The van der Waals surface area contributed by atoms with Crippen LogP contribution in [0.4, 0.5) is 0 Å². The van der Waals surface area contributed by atoms with Gasteiger partial charge < -0.3 is 4.74 Å². The van der Waals surface area contributed by atoms with E-state index < -0.39 is 22.3 Å². The Kier molecular flexibility index (Phi) is 5.20. The van der Waals surface area contributed by atoms with Gasteiger partial charge in [-0.05, 0) is 13.8 Å². The molecule has 0 spiro atoms. The Hall–Kier alpha value is -1.06. The third-order valence-electron chi connectivity index (χ3n) is 1.07. The van der Waals surface area contributed by atoms with Gasteiger partial charge in [0.2, 0.25) is 0 Å². The van der Waals surface area contributed by atoms with Crippen LogP contribution in [0.25, 0.3) is 0 Å². The number of carbonyl (C=O) groups is 1. The zero-order chi connectivity index (χ0) is 11.2. The van der Waals surface area contributed by atoms with Crippen LogP contribution in [0.3, 0.4) is 0 Å². The molecule has 6 heteroatoms. The minimum absolute atomic E-state index is 0.279. The summed E-state index contributed by atoms with van der Waals surface area (Å²) in [6.45, 7) is 3.33. The molecule has 0 saturated heterocycles. The van der Waals surface area contributed by atoms with Crippen LogP contribution in [0.1, 0.15) is 13.8 Å². The van der Waals surface area contributed by atoms with E-state index in [-0.39, 0.29) is 6.47 Å². The van der Waals surface area contributed by atoms with Gasteiger partial charge in [0.15, 0.2) is 6.10 Å². The molecule has 0 heterocycles. The zero-order valence-electron chi connectivity index (χ0n) is 8.18. The summed E-state index contributed by atoms with van der Waals surface area (Å²) in [6, 6.07) is 0. The maximum absolute atomic E-state index is 10.6. The predicted octanol–water partition coefficient (Wildman–Crippen LogP) is -0.0840. The Balaban J connectivity index is 4.16. The van der Waals surface area contributed by atoms with Crippen molar-refractivity contribution in [2.24, 2.45) is 0 Å². The van der Waals surface area contributed by atoms with E-state index in [0.717, 1.165) is 6.26 Å². The van der Waals surface area contributed by atoms with Gasteiger partial charge in [-0.3, -0.25) is 8.98 Å². The summed E-state index contributed by atoms with van der Waals surface area (Å²) in [5.41, 5.74) is 0. The predicted molar refractivity (Wildman–Crippen MR) is 49.8 cm³/mol. The first-order chi connectivity index (χ1) is 6.35. The Morgan fingerprint density at radius 1 is 1.21 bits per heavy atom. The van der Waals surface area contributed by atoms with Crippen LogP contribution in [-0.2, 0) is 23.8 Å². The van der Waals surface area contributed by atoms with Gasteiger partial charge in [-0.2, -0.15) is 8.42 Å². The molecule has 0 aliphatic rings. The topological polar surface area (TPSA) is 69.7 Å². The Bertz CT molecular complexity index is 334. The summed E-state index contributed by atoms with van der Waals surface area (Å²) in [6.07, 6.45) is -0.378. The van der Waals surface area contributed by atoms with E-state index in [9.17, 15) is 13.2 Å². The fraction of sp³-hybridized carbons (Fsp3) is 0.625. The Labute approximate surface area is 83.5 Å². The van der Waals surface area contributed by atoms with Crippen LogP contribution in [0, 0.1) is 11.8 Å². The molecule has 0 rings (SSSR count). The van der Waals surface area contributed by atoms with Gasteiger partial charge in [-0.1, -0.05) is 11.8 Å². The summed E-state index contributed by atoms with van der Waals surface area (Å²) < 4.78 is 30.3. The van der Waals surface area contributed by atoms with E-state index in [1.165, 1.54) is 6.92 Å². The van der Waals surface area contributed by atoms with E-state index in [1.807, 2.05) is 0 Å². The lowest BCUT2D eigenvalue weighted by Crippen LogP contribution is -2.13. The summed E-state index contributed by atoms with van der Waals surface area (Å²) in [5, 5.41) is 0. The molecule has 0 aromatic heterocycles. The molecular weight excluding hydrogens is 208 g/mol. The Morgan fingerprint density at radius 2 is 1.71 bits per heavy atom.